The SMILES string of the molecule is CCOC(=O)c1ccc(CNC(=O)[C@@H]2CC[C@H](CN)O2)cc1.Cl. The lowest BCUT2D eigenvalue weighted by atomic mass is 10.1. The average Bonchev–Trinajstić information content (AvgIpc) is 3.02. The summed E-state index contributed by atoms with van der Waals surface area (Å²) in [6, 6.07) is 6.97. The largest absolute Gasteiger partial charge is 0.462 e. The molecular formula is C16H23ClN2O4. The lowest BCUT2D eigenvalue weighted by Crippen LogP contribution is -2.35. The van der Waals surface area contributed by atoms with Crippen molar-refractivity contribution in [2.24, 2.45) is 5.73 Å². The molecular weight excluding hydrogens is 320 g/mol. The van der Waals surface area contributed by atoms with E-state index in [0.717, 1.165) is 12.0 Å². The van der Waals surface area contributed by atoms with Crippen LogP contribution in [-0.2, 0) is 20.8 Å². The van der Waals surface area contributed by atoms with Crippen LogP contribution in [0.2, 0.25) is 0 Å². The summed E-state index contributed by atoms with van der Waals surface area (Å²) in [6.45, 7) is 2.96. The smallest absolute Gasteiger partial charge is 0.338 e. The summed E-state index contributed by atoms with van der Waals surface area (Å²) in [4.78, 5) is 23.5. The van der Waals surface area contributed by atoms with Gasteiger partial charge in [0, 0.05) is 13.1 Å². The van der Waals surface area contributed by atoms with Crippen molar-refractivity contribution in [1.82, 2.24) is 5.32 Å². The molecule has 23 heavy (non-hydrogen) atoms. The Morgan fingerprint density at radius 3 is 2.57 bits per heavy atom. The van der Waals surface area contributed by atoms with Crippen LogP contribution >= 0.6 is 12.4 Å². The van der Waals surface area contributed by atoms with Gasteiger partial charge in [-0.3, -0.25) is 4.79 Å². The number of carbonyl (C=O) groups is 2. The van der Waals surface area contributed by atoms with Crippen molar-refractivity contribution in [3.63, 3.8) is 0 Å². The molecule has 128 valence electrons. The molecule has 1 heterocycles. The zero-order valence-electron chi connectivity index (χ0n) is 13.1. The molecule has 1 aromatic rings. The maximum atomic E-state index is 12.0. The number of amides is 1. The number of rotatable bonds is 6. The molecule has 1 saturated heterocycles. The molecule has 0 spiro atoms. The molecule has 0 radical (unpaired) electrons. The lowest BCUT2D eigenvalue weighted by Gasteiger charge is -2.12. The van der Waals surface area contributed by atoms with Crippen molar-refractivity contribution < 1.29 is 19.1 Å². The van der Waals surface area contributed by atoms with Crippen LogP contribution in [0.1, 0.15) is 35.7 Å². The van der Waals surface area contributed by atoms with Crippen molar-refractivity contribution in [1.29, 1.82) is 0 Å². The van der Waals surface area contributed by atoms with E-state index in [4.69, 9.17) is 15.2 Å². The molecule has 1 amide bonds. The van der Waals surface area contributed by atoms with E-state index in [1.54, 1.807) is 31.2 Å². The van der Waals surface area contributed by atoms with E-state index in [-0.39, 0.29) is 30.4 Å². The van der Waals surface area contributed by atoms with Crippen LogP contribution in [0.3, 0.4) is 0 Å². The Morgan fingerprint density at radius 2 is 2.00 bits per heavy atom. The second-order valence-electron chi connectivity index (χ2n) is 5.19. The monoisotopic (exact) mass is 342 g/mol. The highest BCUT2D eigenvalue weighted by molar-refractivity contribution is 5.89. The van der Waals surface area contributed by atoms with Gasteiger partial charge in [0.05, 0.1) is 18.3 Å². The Bertz CT molecular complexity index is 521. The second kappa shape index (κ2) is 9.50. The van der Waals surface area contributed by atoms with E-state index < -0.39 is 6.10 Å². The maximum absolute atomic E-state index is 12.0. The van der Waals surface area contributed by atoms with Crippen LogP contribution in [0, 0.1) is 0 Å². The molecule has 0 bridgehead atoms. The quantitative estimate of drug-likeness (QED) is 0.763. The maximum Gasteiger partial charge on any atom is 0.338 e. The number of ether oxygens (including phenoxy) is 2. The molecule has 1 fully saturated rings. The highest BCUT2D eigenvalue weighted by Gasteiger charge is 2.29. The van der Waals surface area contributed by atoms with Crippen LogP contribution in [0.15, 0.2) is 24.3 Å². The fraction of sp³-hybridized carbons (Fsp3) is 0.500. The number of nitrogens with two attached hydrogens (primary N) is 1. The van der Waals surface area contributed by atoms with Gasteiger partial charge in [-0.15, -0.1) is 12.4 Å². The number of hydrogen-bond donors (Lipinski definition) is 2. The summed E-state index contributed by atoms with van der Waals surface area (Å²) in [7, 11) is 0. The van der Waals surface area contributed by atoms with Gasteiger partial charge in [0.25, 0.3) is 0 Å². The summed E-state index contributed by atoms with van der Waals surface area (Å²) >= 11 is 0. The molecule has 0 unspecified atom stereocenters. The van der Waals surface area contributed by atoms with Gasteiger partial charge in [-0.25, -0.2) is 4.79 Å². The first-order valence-electron chi connectivity index (χ1n) is 7.53. The Hall–Kier alpha value is -1.63. The van der Waals surface area contributed by atoms with Crippen molar-refractivity contribution in [3.05, 3.63) is 35.4 Å². The van der Waals surface area contributed by atoms with Crippen molar-refractivity contribution in [3.8, 4) is 0 Å². The first-order valence-corrected chi connectivity index (χ1v) is 7.53. The Labute approximate surface area is 142 Å². The molecule has 1 aliphatic rings. The molecule has 1 aliphatic heterocycles. The highest BCUT2D eigenvalue weighted by Crippen LogP contribution is 2.19. The highest BCUT2D eigenvalue weighted by atomic mass is 35.5. The van der Waals surface area contributed by atoms with E-state index in [1.807, 2.05) is 0 Å². The standard InChI is InChI=1S/C16H22N2O4.ClH/c1-2-21-16(20)12-5-3-11(4-6-12)10-18-15(19)14-8-7-13(9-17)22-14;/h3-6,13-14H,2,7-10,17H2,1H3,(H,18,19);1H/t13-,14+;/m1./s1. The van der Waals surface area contributed by atoms with Gasteiger partial charge in [-0.2, -0.15) is 0 Å². The van der Waals surface area contributed by atoms with E-state index in [2.05, 4.69) is 5.32 Å². The van der Waals surface area contributed by atoms with Crippen LogP contribution < -0.4 is 11.1 Å². The molecule has 1 aromatic carbocycles. The Kier molecular flexibility index (Phi) is 8.02. The third kappa shape index (κ3) is 5.49. The molecule has 2 atom stereocenters. The first-order chi connectivity index (χ1) is 10.6. The van der Waals surface area contributed by atoms with Gasteiger partial charge in [0.2, 0.25) is 5.91 Å². The van der Waals surface area contributed by atoms with Crippen LogP contribution in [0.5, 0.6) is 0 Å². The molecule has 6 nitrogen and oxygen atoms in total. The zero-order chi connectivity index (χ0) is 15.9. The van der Waals surface area contributed by atoms with Crippen molar-refractivity contribution in [2.45, 2.75) is 38.5 Å². The Morgan fingerprint density at radius 1 is 1.30 bits per heavy atom. The molecule has 0 aliphatic carbocycles. The minimum absolute atomic E-state index is 0. The normalized spacial score (nSPS) is 19.7. The van der Waals surface area contributed by atoms with Crippen molar-refractivity contribution in [2.75, 3.05) is 13.2 Å². The summed E-state index contributed by atoms with van der Waals surface area (Å²) in [5, 5.41) is 2.84. The van der Waals surface area contributed by atoms with Crippen LogP contribution in [-0.4, -0.2) is 37.2 Å². The molecule has 7 heteroatoms. The van der Waals surface area contributed by atoms with Crippen LogP contribution in [0.4, 0.5) is 0 Å². The molecule has 0 aromatic heterocycles. The van der Waals surface area contributed by atoms with E-state index in [9.17, 15) is 9.59 Å². The summed E-state index contributed by atoms with van der Waals surface area (Å²) in [5.74, 6) is -0.462. The average molecular weight is 343 g/mol. The molecule has 2 rings (SSSR count). The number of nitrogens with one attached hydrogen (secondary N) is 1. The van der Waals surface area contributed by atoms with Gasteiger partial charge >= 0.3 is 5.97 Å². The van der Waals surface area contributed by atoms with Gasteiger partial charge in [-0.05, 0) is 37.5 Å². The molecule has 3 N–H and O–H groups in total. The summed E-state index contributed by atoms with van der Waals surface area (Å²) < 4.78 is 10.5. The fourth-order valence-electron chi connectivity index (χ4n) is 2.35. The zero-order valence-corrected chi connectivity index (χ0v) is 13.9. The number of benzene rings is 1. The lowest BCUT2D eigenvalue weighted by molar-refractivity contribution is -0.132. The third-order valence-electron chi connectivity index (χ3n) is 3.59. The summed E-state index contributed by atoms with van der Waals surface area (Å²) in [6.07, 6.45) is 1.10. The second-order valence-corrected chi connectivity index (χ2v) is 5.19. The topological polar surface area (TPSA) is 90.7 Å². The van der Waals surface area contributed by atoms with Gasteiger partial charge < -0.3 is 20.5 Å². The fourth-order valence-corrected chi connectivity index (χ4v) is 2.35. The van der Waals surface area contributed by atoms with E-state index in [0.29, 0.717) is 31.7 Å². The minimum Gasteiger partial charge on any atom is -0.462 e. The van der Waals surface area contributed by atoms with Crippen molar-refractivity contribution >= 4 is 24.3 Å². The molecule has 0 saturated carbocycles. The first kappa shape index (κ1) is 19.4. The van der Waals surface area contributed by atoms with Gasteiger partial charge in [-0.1, -0.05) is 12.1 Å². The van der Waals surface area contributed by atoms with E-state index in [1.165, 1.54) is 0 Å². The number of halogens is 1. The number of hydrogen-bond acceptors (Lipinski definition) is 5. The predicted octanol–water partition coefficient (Wildman–Crippen LogP) is 1.41. The van der Waals surface area contributed by atoms with E-state index >= 15 is 0 Å². The Balaban J connectivity index is 0.00000264. The minimum atomic E-state index is -0.410. The predicted molar refractivity (Wildman–Crippen MR) is 88.4 cm³/mol. The third-order valence-corrected chi connectivity index (χ3v) is 3.59. The number of esters is 1. The van der Waals surface area contributed by atoms with Crippen LogP contribution in [0.25, 0.3) is 0 Å². The van der Waals surface area contributed by atoms with Gasteiger partial charge in [0.15, 0.2) is 0 Å². The summed E-state index contributed by atoms with van der Waals surface area (Å²) in [5.41, 5.74) is 6.94. The van der Waals surface area contributed by atoms with Gasteiger partial charge in [0.1, 0.15) is 6.10 Å². The number of carbonyl (C=O) groups excluding carboxylic acids is 2.